The first-order chi connectivity index (χ1) is 11.2. The van der Waals surface area contributed by atoms with Gasteiger partial charge in [-0.3, -0.25) is 9.78 Å². The van der Waals surface area contributed by atoms with E-state index in [1.165, 1.54) is 12.3 Å². The third-order valence-electron chi connectivity index (χ3n) is 4.51. The molecule has 4 nitrogen and oxygen atoms in total. The van der Waals surface area contributed by atoms with Gasteiger partial charge in [-0.2, -0.15) is 0 Å². The van der Waals surface area contributed by atoms with Gasteiger partial charge in [0.2, 0.25) is 0 Å². The molecule has 6 heteroatoms. The Kier molecular flexibility index (Phi) is 6.93. The van der Waals surface area contributed by atoms with Gasteiger partial charge < -0.3 is 9.16 Å². The molecule has 1 atom stereocenters. The van der Waals surface area contributed by atoms with Crippen molar-refractivity contribution >= 4 is 14.3 Å². The summed E-state index contributed by atoms with van der Waals surface area (Å²) in [5.41, 5.74) is 0.158. The Morgan fingerprint density at radius 2 is 1.80 bits per heavy atom. The Morgan fingerprint density at radius 3 is 2.28 bits per heavy atom. The van der Waals surface area contributed by atoms with E-state index in [-0.39, 0.29) is 16.8 Å². The molecule has 0 aliphatic heterocycles. The Labute approximate surface area is 152 Å². The van der Waals surface area contributed by atoms with Gasteiger partial charge in [0.25, 0.3) is 0 Å². The quantitative estimate of drug-likeness (QED) is 0.398. The number of nitrogens with zero attached hydrogens (tertiary/aromatic N) is 1. The summed E-state index contributed by atoms with van der Waals surface area (Å²) < 4.78 is 25.3. The van der Waals surface area contributed by atoms with Crippen molar-refractivity contribution in [1.29, 1.82) is 0 Å². The summed E-state index contributed by atoms with van der Waals surface area (Å²) in [4.78, 5) is 16.2. The van der Waals surface area contributed by atoms with Crippen molar-refractivity contribution in [3.05, 3.63) is 29.8 Å². The molecule has 0 aromatic carbocycles. The predicted octanol–water partition coefficient (Wildman–Crippen LogP) is 5.09. The third kappa shape index (κ3) is 6.86. The summed E-state index contributed by atoms with van der Waals surface area (Å²) in [6, 6.07) is 1.45. The lowest BCUT2D eigenvalue weighted by molar-refractivity contribution is -0.175. The fourth-order valence-electron chi connectivity index (χ4n) is 1.82. The van der Waals surface area contributed by atoms with Gasteiger partial charge in [-0.15, -0.1) is 0 Å². The molecule has 0 amide bonds. The minimum absolute atomic E-state index is 0.000198. The maximum atomic E-state index is 13.3. The molecular formula is C19H32FNO3Si. The molecule has 0 aliphatic rings. The first kappa shape index (κ1) is 21.8. The van der Waals surface area contributed by atoms with E-state index in [1.54, 1.807) is 6.20 Å². The summed E-state index contributed by atoms with van der Waals surface area (Å²) in [6.45, 7) is 16.1. The molecular weight excluding hydrogens is 337 g/mol. The van der Waals surface area contributed by atoms with Gasteiger partial charge in [0.1, 0.15) is 5.82 Å². The maximum Gasteiger partial charge on any atom is 0.313 e. The first-order valence-electron chi connectivity index (χ1n) is 8.71. The second kappa shape index (κ2) is 7.95. The topological polar surface area (TPSA) is 48.4 Å². The van der Waals surface area contributed by atoms with Crippen molar-refractivity contribution in [3.8, 4) is 0 Å². The largest absolute Gasteiger partial charge is 0.436 e. The van der Waals surface area contributed by atoms with Gasteiger partial charge in [0.15, 0.2) is 14.6 Å². The molecule has 1 heterocycles. The van der Waals surface area contributed by atoms with Crippen LogP contribution in [0.25, 0.3) is 0 Å². The smallest absolute Gasteiger partial charge is 0.313 e. The van der Waals surface area contributed by atoms with E-state index in [0.717, 1.165) is 5.56 Å². The number of rotatable bonds is 6. The Hall–Kier alpha value is -1.27. The zero-order chi connectivity index (χ0) is 19.5. The van der Waals surface area contributed by atoms with E-state index in [1.807, 2.05) is 20.8 Å². The summed E-state index contributed by atoms with van der Waals surface area (Å²) in [5, 5.41) is -0.000198. The highest BCUT2D eigenvalue weighted by molar-refractivity contribution is 6.74. The highest BCUT2D eigenvalue weighted by Gasteiger charge is 2.40. The van der Waals surface area contributed by atoms with Crippen LogP contribution in [0.4, 0.5) is 4.39 Å². The van der Waals surface area contributed by atoms with Crippen LogP contribution >= 0.6 is 0 Å². The van der Waals surface area contributed by atoms with Gasteiger partial charge in [-0.1, -0.05) is 20.8 Å². The summed E-state index contributed by atoms with van der Waals surface area (Å²) in [7, 11) is -2.11. The van der Waals surface area contributed by atoms with Crippen LogP contribution in [0.3, 0.4) is 0 Å². The van der Waals surface area contributed by atoms with E-state index < -0.39 is 20.0 Å². The van der Waals surface area contributed by atoms with Gasteiger partial charge in [0.05, 0.1) is 11.6 Å². The number of halogens is 1. The van der Waals surface area contributed by atoms with E-state index in [4.69, 9.17) is 9.16 Å². The highest BCUT2D eigenvalue weighted by Crippen LogP contribution is 2.38. The summed E-state index contributed by atoms with van der Waals surface area (Å²) in [6.07, 6.45) is 3.15. The van der Waals surface area contributed by atoms with Crippen LogP contribution < -0.4 is 0 Å². The summed E-state index contributed by atoms with van der Waals surface area (Å²) >= 11 is 0. The fourth-order valence-corrected chi connectivity index (χ4v) is 3.00. The predicted molar refractivity (Wildman–Crippen MR) is 100 cm³/mol. The van der Waals surface area contributed by atoms with Crippen LogP contribution in [0.5, 0.6) is 0 Å². The van der Waals surface area contributed by atoms with E-state index >= 15 is 0 Å². The van der Waals surface area contributed by atoms with Gasteiger partial charge in [0, 0.05) is 12.6 Å². The number of carbonyl (C=O) groups is 1. The van der Waals surface area contributed by atoms with Crippen molar-refractivity contribution in [2.24, 2.45) is 5.41 Å². The molecule has 142 valence electrons. The van der Waals surface area contributed by atoms with Crippen molar-refractivity contribution in [2.75, 3.05) is 0 Å². The molecule has 0 fully saturated rings. The van der Waals surface area contributed by atoms with Crippen LogP contribution in [0.15, 0.2) is 18.5 Å². The molecule has 0 bridgehead atoms. The number of ether oxygens (including phenoxy) is 1. The van der Waals surface area contributed by atoms with Gasteiger partial charge in [-0.25, -0.2) is 4.39 Å². The van der Waals surface area contributed by atoms with Crippen molar-refractivity contribution in [2.45, 2.75) is 78.8 Å². The van der Waals surface area contributed by atoms with E-state index in [0.29, 0.717) is 12.8 Å². The molecule has 0 spiro atoms. The SMILES string of the molecule is CC(C)(C)C(=O)OC(CCc1cncc(F)c1)O[Si](C)(C)C(C)(C)C. The number of hydrogen-bond acceptors (Lipinski definition) is 4. The van der Waals surface area contributed by atoms with Crippen LogP contribution in [0.1, 0.15) is 53.5 Å². The lowest BCUT2D eigenvalue weighted by Crippen LogP contribution is -2.45. The third-order valence-corrected chi connectivity index (χ3v) is 8.98. The molecule has 0 radical (unpaired) electrons. The lowest BCUT2D eigenvalue weighted by Gasteiger charge is -2.39. The molecule has 0 saturated carbocycles. The Morgan fingerprint density at radius 1 is 1.20 bits per heavy atom. The van der Waals surface area contributed by atoms with Crippen LogP contribution in [0, 0.1) is 11.2 Å². The zero-order valence-electron chi connectivity index (χ0n) is 16.8. The fraction of sp³-hybridized carbons (Fsp3) is 0.684. The molecule has 1 unspecified atom stereocenters. The van der Waals surface area contributed by atoms with E-state index in [2.05, 4.69) is 38.8 Å². The van der Waals surface area contributed by atoms with Crippen LogP contribution in [0.2, 0.25) is 18.1 Å². The molecule has 0 saturated heterocycles. The number of esters is 1. The second-order valence-electron chi connectivity index (χ2n) is 9.01. The first-order valence-corrected chi connectivity index (χ1v) is 11.6. The normalized spacial score (nSPS) is 14.3. The number of hydrogen-bond donors (Lipinski definition) is 0. The minimum Gasteiger partial charge on any atom is -0.436 e. The Balaban J connectivity index is 2.89. The molecule has 1 rings (SSSR count). The number of carbonyl (C=O) groups excluding carboxylic acids is 1. The number of aryl methyl sites for hydroxylation is 1. The lowest BCUT2D eigenvalue weighted by atomic mass is 9.97. The molecule has 25 heavy (non-hydrogen) atoms. The van der Waals surface area contributed by atoms with Crippen molar-refractivity contribution in [3.63, 3.8) is 0 Å². The minimum atomic E-state index is -2.11. The monoisotopic (exact) mass is 369 g/mol. The van der Waals surface area contributed by atoms with E-state index in [9.17, 15) is 9.18 Å². The molecule has 1 aromatic heterocycles. The average Bonchev–Trinajstić information content (AvgIpc) is 2.42. The molecule has 0 N–H and O–H groups in total. The second-order valence-corrected chi connectivity index (χ2v) is 13.8. The summed E-state index contributed by atoms with van der Waals surface area (Å²) in [5.74, 6) is -0.667. The average molecular weight is 370 g/mol. The van der Waals surface area contributed by atoms with Gasteiger partial charge >= 0.3 is 5.97 Å². The zero-order valence-corrected chi connectivity index (χ0v) is 17.8. The maximum absolute atomic E-state index is 13.3. The standard InChI is InChI=1S/C19H32FNO3Si/c1-18(2,3)17(22)23-16(24-25(7,8)19(4,5)6)10-9-14-11-15(20)13-21-12-14/h11-13,16H,9-10H2,1-8H3. The van der Waals surface area contributed by atoms with Crippen molar-refractivity contribution < 1.29 is 18.3 Å². The Bertz CT molecular complexity index is 591. The van der Waals surface area contributed by atoms with Gasteiger partial charge in [-0.05, 0) is 57.0 Å². The molecule has 1 aromatic rings. The number of aromatic nitrogens is 1. The molecule has 0 aliphatic carbocycles. The van der Waals surface area contributed by atoms with Crippen LogP contribution in [-0.2, 0) is 20.4 Å². The highest BCUT2D eigenvalue weighted by atomic mass is 28.4. The van der Waals surface area contributed by atoms with Crippen molar-refractivity contribution in [1.82, 2.24) is 4.98 Å². The van der Waals surface area contributed by atoms with Crippen LogP contribution in [-0.4, -0.2) is 25.6 Å². The number of pyridine rings is 1.